The average Bonchev–Trinajstić information content (AvgIpc) is 2.68. The summed E-state index contributed by atoms with van der Waals surface area (Å²) in [5.41, 5.74) is 0. The van der Waals surface area contributed by atoms with E-state index in [1.165, 1.54) is 11.3 Å². The molecule has 3 nitrogen and oxygen atoms in total. The highest BCUT2D eigenvalue weighted by molar-refractivity contribution is 7.17. The van der Waals surface area contributed by atoms with Gasteiger partial charge in [-0.1, -0.05) is 13.3 Å². The Balaban J connectivity index is 2.69. The van der Waals surface area contributed by atoms with Crippen LogP contribution in [-0.4, -0.2) is 24.2 Å². The lowest BCUT2D eigenvalue weighted by Gasteiger charge is -2.20. The van der Waals surface area contributed by atoms with Gasteiger partial charge in [-0.3, -0.25) is 0 Å². The van der Waals surface area contributed by atoms with Crippen LogP contribution in [0.25, 0.3) is 0 Å². The number of hydrogen-bond acceptors (Lipinski definition) is 3. The van der Waals surface area contributed by atoms with Crippen LogP contribution < -0.4 is 4.90 Å². The van der Waals surface area contributed by atoms with Crippen molar-refractivity contribution in [2.45, 2.75) is 26.7 Å². The molecule has 0 aromatic carbocycles. The van der Waals surface area contributed by atoms with E-state index < -0.39 is 5.97 Å². The highest BCUT2D eigenvalue weighted by Crippen LogP contribution is 2.26. The fourth-order valence-electron chi connectivity index (χ4n) is 1.39. The standard InChI is InChI=1S/C11H17NO2S/c1-3-5-8-12(4-2)10-7-6-9(15-10)11(13)14/h6-7H,3-5,8H2,1-2H3,(H,13,14). The molecule has 0 saturated heterocycles. The summed E-state index contributed by atoms with van der Waals surface area (Å²) in [4.78, 5) is 13.4. The number of carboxylic acid groups (broad SMARTS) is 1. The zero-order valence-corrected chi connectivity index (χ0v) is 10.0. The molecule has 0 bridgehead atoms. The van der Waals surface area contributed by atoms with Gasteiger partial charge in [-0.25, -0.2) is 4.79 Å². The number of carboxylic acids is 1. The van der Waals surface area contributed by atoms with Gasteiger partial charge in [-0.2, -0.15) is 0 Å². The van der Waals surface area contributed by atoms with Crippen LogP contribution in [0.3, 0.4) is 0 Å². The zero-order chi connectivity index (χ0) is 11.3. The van der Waals surface area contributed by atoms with Crippen LogP contribution in [-0.2, 0) is 0 Å². The topological polar surface area (TPSA) is 40.5 Å². The molecule has 0 aliphatic heterocycles. The van der Waals surface area contributed by atoms with Crippen molar-refractivity contribution in [3.05, 3.63) is 17.0 Å². The molecule has 1 rings (SSSR count). The SMILES string of the molecule is CCCCN(CC)c1ccc(C(=O)O)s1. The van der Waals surface area contributed by atoms with Gasteiger partial charge >= 0.3 is 5.97 Å². The van der Waals surface area contributed by atoms with Gasteiger partial charge in [0.2, 0.25) is 0 Å². The van der Waals surface area contributed by atoms with Crippen molar-refractivity contribution in [3.8, 4) is 0 Å². The summed E-state index contributed by atoms with van der Waals surface area (Å²) in [6, 6.07) is 3.57. The van der Waals surface area contributed by atoms with Gasteiger partial charge in [0.1, 0.15) is 4.88 Å². The van der Waals surface area contributed by atoms with Gasteiger partial charge in [0.25, 0.3) is 0 Å². The van der Waals surface area contributed by atoms with Crippen molar-refractivity contribution in [1.82, 2.24) is 0 Å². The number of thiophene rings is 1. The molecule has 0 fully saturated rings. The van der Waals surface area contributed by atoms with Crippen LogP contribution in [0.1, 0.15) is 36.4 Å². The summed E-state index contributed by atoms with van der Waals surface area (Å²) < 4.78 is 0. The summed E-state index contributed by atoms with van der Waals surface area (Å²) in [6.07, 6.45) is 2.31. The lowest BCUT2D eigenvalue weighted by molar-refractivity contribution is 0.0702. The van der Waals surface area contributed by atoms with E-state index >= 15 is 0 Å². The molecule has 0 unspecified atom stereocenters. The van der Waals surface area contributed by atoms with Crippen LogP contribution in [0.15, 0.2) is 12.1 Å². The minimum absolute atomic E-state index is 0.417. The molecule has 0 radical (unpaired) electrons. The number of hydrogen-bond donors (Lipinski definition) is 1. The summed E-state index contributed by atoms with van der Waals surface area (Å²) in [5, 5.41) is 9.88. The number of rotatable bonds is 6. The summed E-state index contributed by atoms with van der Waals surface area (Å²) >= 11 is 1.35. The second-order valence-corrected chi connectivity index (χ2v) is 4.44. The molecule has 0 amide bonds. The molecule has 0 aliphatic carbocycles. The Hall–Kier alpha value is -1.03. The predicted octanol–water partition coefficient (Wildman–Crippen LogP) is 3.07. The molecule has 0 atom stereocenters. The van der Waals surface area contributed by atoms with E-state index in [0.717, 1.165) is 30.9 Å². The van der Waals surface area contributed by atoms with Crippen LogP contribution in [0.5, 0.6) is 0 Å². The highest BCUT2D eigenvalue weighted by atomic mass is 32.1. The Labute approximate surface area is 94.3 Å². The van der Waals surface area contributed by atoms with Gasteiger partial charge < -0.3 is 10.0 Å². The number of unbranched alkanes of at least 4 members (excludes halogenated alkanes) is 1. The molecule has 84 valence electrons. The Morgan fingerprint density at radius 1 is 1.47 bits per heavy atom. The Morgan fingerprint density at radius 2 is 2.20 bits per heavy atom. The average molecular weight is 227 g/mol. The van der Waals surface area contributed by atoms with Crippen LogP contribution in [0.2, 0.25) is 0 Å². The first-order chi connectivity index (χ1) is 7.19. The van der Waals surface area contributed by atoms with E-state index in [4.69, 9.17) is 5.11 Å². The number of carbonyl (C=O) groups is 1. The first-order valence-corrected chi connectivity index (χ1v) is 6.08. The number of anilines is 1. The summed E-state index contributed by atoms with van der Waals surface area (Å²) in [7, 11) is 0. The second kappa shape index (κ2) is 5.75. The quantitative estimate of drug-likeness (QED) is 0.812. The van der Waals surface area contributed by atoms with Crippen LogP contribution >= 0.6 is 11.3 Å². The maximum atomic E-state index is 10.7. The van der Waals surface area contributed by atoms with Crippen molar-refractivity contribution in [2.75, 3.05) is 18.0 Å². The highest BCUT2D eigenvalue weighted by Gasteiger charge is 2.10. The number of nitrogens with zero attached hydrogens (tertiary/aromatic N) is 1. The van der Waals surface area contributed by atoms with Crippen molar-refractivity contribution < 1.29 is 9.90 Å². The zero-order valence-electron chi connectivity index (χ0n) is 9.19. The molecule has 1 aromatic heterocycles. The van der Waals surface area contributed by atoms with Gasteiger partial charge in [0.05, 0.1) is 5.00 Å². The van der Waals surface area contributed by atoms with Crippen molar-refractivity contribution in [1.29, 1.82) is 0 Å². The van der Waals surface area contributed by atoms with E-state index in [0.29, 0.717) is 4.88 Å². The summed E-state index contributed by atoms with van der Waals surface area (Å²) in [5.74, 6) is -0.835. The van der Waals surface area contributed by atoms with E-state index in [1.807, 2.05) is 6.07 Å². The molecule has 4 heteroatoms. The Morgan fingerprint density at radius 3 is 2.67 bits per heavy atom. The predicted molar refractivity (Wildman–Crippen MR) is 64.1 cm³/mol. The normalized spacial score (nSPS) is 10.3. The Bertz CT molecular complexity index is 322. The molecular weight excluding hydrogens is 210 g/mol. The van der Waals surface area contributed by atoms with E-state index in [1.54, 1.807) is 6.07 Å². The van der Waals surface area contributed by atoms with E-state index in [2.05, 4.69) is 18.7 Å². The molecule has 1 aromatic rings. The lowest BCUT2D eigenvalue weighted by atomic mass is 10.3. The minimum atomic E-state index is -0.835. The van der Waals surface area contributed by atoms with Crippen LogP contribution in [0.4, 0.5) is 5.00 Å². The third-order valence-corrected chi connectivity index (χ3v) is 3.41. The first kappa shape index (κ1) is 12.0. The maximum absolute atomic E-state index is 10.7. The minimum Gasteiger partial charge on any atom is -0.477 e. The molecule has 0 saturated carbocycles. The molecule has 15 heavy (non-hydrogen) atoms. The molecule has 1 heterocycles. The third kappa shape index (κ3) is 3.23. The smallest absolute Gasteiger partial charge is 0.345 e. The third-order valence-electron chi connectivity index (χ3n) is 2.28. The van der Waals surface area contributed by atoms with Gasteiger partial charge in [-0.15, -0.1) is 11.3 Å². The molecule has 0 spiro atoms. The Kier molecular flexibility index (Phi) is 4.62. The molecular formula is C11H17NO2S. The molecule has 1 N–H and O–H groups in total. The van der Waals surface area contributed by atoms with E-state index in [-0.39, 0.29) is 0 Å². The first-order valence-electron chi connectivity index (χ1n) is 5.27. The maximum Gasteiger partial charge on any atom is 0.345 e. The fourth-order valence-corrected chi connectivity index (χ4v) is 2.32. The van der Waals surface area contributed by atoms with Gasteiger partial charge in [0.15, 0.2) is 0 Å². The lowest BCUT2D eigenvalue weighted by Crippen LogP contribution is -2.22. The monoisotopic (exact) mass is 227 g/mol. The number of aromatic carboxylic acids is 1. The van der Waals surface area contributed by atoms with Crippen molar-refractivity contribution >= 4 is 22.3 Å². The van der Waals surface area contributed by atoms with Gasteiger partial charge in [-0.05, 0) is 25.5 Å². The van der Waals surface area contributed by atoms with Crippen molar-refractivity contribution in [2.24, 2.45) is 0 Å². The summed E-state index contributed by atoms with van der Waals surface area (Å²) in [6.45, 7) is 6.19. The van der Waals surface area contributed by atoms with E-state index in [9.17, 15) is 4.79 Å². The van der Waals surface area contributed by atoms with Gasteiger partial charge in [0, 0.05) is 13.1 Å². The van der Waals surface area contributed by atoms with Crippen LogP contribution in [0, 0.1) is 0 Å². The van der Waals surface area contributed by atoms with Crippen molar-refractivity contribution in [3.63, 3.8) is 0 Å². The molecule has 0 aliphatic rings. The largest absolute Gasteiger partial charge is 0.477 e. The fraction of sp³-hybridized carbons (Fsp3) is 0.545. The second-order valence-electron chi connectivity index (χ2n) is 3.38.